The Morgan fingerprint density at radius 2 is 2.00 bits per heavy atom. The number of carbonyl (C=O) groups excluding carboxylic acids is 1. The number of rotatable bonds is 3. The molecule has 0 atom stereocenters. The predicted molar refractivity (Wildman–Crippen MR) is 59.1 cm³/mol. The lowest BCUT2D eigenvalue weighted by molar-refractivity contribution is -0.132. The molecule has 0 aliphatic heterocycles. The molecule has 0 unspecified atom stereocenters. The van der Waals surface area contributed by atoms with E-state index in [0.29, 0.717) is 6.54 Å². The third-order valence-electron chi connectivity index (χ3n) is 2.82. The molecule has 3 heteroatoms. The number of benzene rings is 1. The molecule has 0 bridgehead atoms. The third-order valence-corrected chi connectivity index (χ3v) is 2.82. The SMILES string of the molecule is CN(Cc1ccccc1)C(=O)C1(N)CC1. The van der Waals surface area contributed by atoms with Crippen molar-refractivity contribution >= 4 is 5.91 Å². The molecule has 0 heterocycles. The fourth-order valence-electron chi connectivity index (χ4n) is 1.66. The predicted octanol–water partition coefficient (Wildman–Crippen LogP) is 1.14. The van der Waals surface area contributed by atoms with Crippen LogP contribution in [-0.2, 0) is 11.3 Å². The summed E-state index contributed by atoms with van der Waals surface area (Å²) in [5.41, 5.74) is 6.44. The van der Waals surface area contributed by atoms with E-state index in [1.807, 2.05) is 37.4 Å². The second kappa shape index (κ2) is 3.66. The zero-order valence-corrected chi connectivity index (χ0v) is 8.94. The molecule has 2 rings (SSSR count). The van der Waals surface area contributed by atoms with Crippen LogP contribution in [0.15, 0.2) is 30.3 Å². The topological polar surface area (TPSA) is 46.3 Å². The van der Waals surface area contributed by atoms with Gasteiger partial charge < -0.3 is 10.6 Å². The zero-order valence-electron chi connectivity index (χ0n) is 8.94. The van der Waals surface area contributed by atoms with Crippen LogP contribution in [0.2, 0.25) is 0 Å². The van der Waals surface area contributed by atoms with Crippen LogP contribution in [-0.4, -0.2) is 23.4 Å². The highest BCUT2D eigenvalue weighted by atomic mass is 16.2. The van der Waals surface area contributed by atoms with Crippen LogP contribution in [0, 0.1) is 0 Å². The summed E-state index contributed by atoms with van der Waals surface area (Å²) in [6.45, 7) is 0.638. The van der Waals surface area contributed by atoms with E-state index in [-0.39, 0.29) is 5.91 Å². The zero-order chi connectivity index (χ0) is 10.9. The minimum absolute atomic E-state index is 0.0614. The van der Waals surface area contributed by atoms with Gasteiger partial charge in [-0.05, 0) is 18.4 Å². The Hall–Kier alpha value is -1.35. The lowest BCUT2D eigenvalue weighted by atomic mass is 10.2. The minimum Gasteiger partial charge on any atom is -0.340 e. The molecule has 0 saturated heterocycles. The summed E-state index contributed by atoms with van der Waals surface area (Å²) in [5.74, 6) is 0.0614. The third kappa shape index (κ3) is 2.18. The first kappa shape index (κ1) is 10.2. The standard InChI is InChI=1S/C12H16N2O/c1-14(11(15)12(13)7-8-12)9-10-5-3-2-4-6-10/h2-6H,7-9,13H2,1H3. The van der Waals surface area contributed by atoms with Crippen LogP contribution < -0.4 is 5.73 Å². The van der Waals surface area contributed by atoms with Crippen molar-refractivity contribution in [3.63, 3.8) is 0 Å². The molecule has 1 aromatic carbocycles. The van der Waals surface area contributed by atoms with Crippen molar-refractivity contribution in [1.82, 2.24) is 4.90 Å². The van der Waals surface area contributed by atoms with Crippen LogP contribution in [0.5, 0.6) is 0 Å². The van der Waals surface area contributed by atoms with Gasteiger partial charge in [0.1, 0.15) is 0 Å². The maximum absolute atomic E-state index is 11.8. The van der Waals surface area contributed by atoms with E-state index in [2.05, 4.69) is 0 Å². The Labute approximate surface area is 89.9 Å². The first-order chi connectivity index (χ1) is 7.12. The number of amides is 1. The molecule has 1 saturated carbocycles. The molecule has 1 aliphatic carbocycles. The number of carbonyl (C=O) groups is 1. The van der Waals surface area contributed by atoms with Crippen LogP contribution >= 0.6 is 0 Å². The van der Waals surface area contributed by atoms with Gasteiger partial charge in [0.05, 0.1) is 5.54 Å². The van der Waals surface area contributed by atoms with Gasteiger partial charge in [-0.25, -0.2) is 0 Å². The largest absolute Gasteiger partial charge is 0.340 e. The maximum atomic E-state index is 11.8. The highest BCUT2D eigenvalue weighted by Gasteiger charge is 2.47. The first-order valence-corrected chi connectivity index (χ1v) is 5.20. The van der Waals surface area contributed by atoms with Crippen molar-refractivity contribution in [2.45, 2.75) is 24.9 Å². The molecule has 0 radical (unpaired) electrons. The number of hydrogen-bond acceptors (Lipinski definition) is 2. The molecule has 0 spiro atoms. The quantitative estimate of drug-likeness (QED) is 0.802. The molecule has 1 aromatic rings. The summed E-state index contributed by atoms with van der Waals surface area (Å²) >= 11 is 0. The highest BCUT2D eigenvalue weighted by Crippen LogP contribution is 2.34. The number of nitrogens with zero attached hydrogens (tertiary/aromatic N) is 1. The Kier molecular flexibility index (Phi) is 2.49. The Balaban J connectivity index is 1.98. The van der Waals surface area contributed by atoms with Gasteiger partial charge in [0.2, 0.25) is 5.91 Å². The molecule has 1 fully saturated rings. The van der Waals surface area contributed by atoms with Gasteiger partial charge in [-0.15, -0.1) is 0 Å². The molecule has 3 nitrogen and oxygen atoms in total. The lowest BCUT2D eigenvalue weighted by Gasteiger charge is -2.20. The van der Waals surface area contributed by atoms with Crippen LogP contribution in [0.4, 0.5) is 0 Å². The summed E-state index contributed by atoms with van der Waals surface area (Å²) in [4.78, 5) is 13.5. The molecular formula is C12H16N2O. The lowest BCUT2D eigenvalue weighted by Crippen LogP contribution is -2.43. The van der Waals surface area contributed by atoms with E-state index < -0.39 is 5.54 Å². The second-order valence-electron chi connectivity index (χ2n) is 4.30. The van der Waals surface area contributed by atoms with Crippen molar-refractivity contribution in [3.05, 3.63) is 35.9 Å². The number of hydrogen-bond donors (Lipinski definition) is 1. The summed E-state index contributed by atoms with van der Waals surface area (Å²) in [7, 11) is 1.81. The van der Waals surface area contributed by atoms with Crippen LogP contribution in [0.3, 0.4) is 0 Å². The molecule has 1 amide bonds. The van der Waals surface area contributed by atoms with Crippen molar-refractivity contribution in [1.29, 1.82) is 0 Å². The van der Waals surface area contributed by atoms with Gasteiger partial charge in [0.25, 0.3) is 0 Å². The normalized spacial score (nSPS) is 17.2. The van der Waals surface area contributed by atoms with Crippen molar-refractivity contribution < 1.29 is 4.79 Å². The van der Waals surface area contributed by atoms with E-state index in [1.54, 1.807) is 4.90 Å². The summed E-state index contributed by atoms with van der Waals surface area (Å²) in [6, 6.07) is 9.95. The second-order valence-corrected chi connectivity index (χ2v) is 4.30. The van der Waals surface area contributed by atoms with Gasteiger partial charge in [-0.1, -0.05) is 30.3 Å². The highest BCUT2D eigenvalue weighted by molar-refractivity contribution is 5.88. The fraction of sp³-hybridized carbons (Fsp3) is 0.417. The van der Waals surface area contributed by atoms with E-state index in [9.17, 15) is 4.79 Å². The minimum atomic E-state index is -0.552. The van der Waals surface area contributed by atoms with E-state index in [1.165, 1.54) is 0 Å². The molecule has 2 N–H and O–H groups in total. The molecular weight excluding hydrogens is 188 g/mol. The first-order valence-electron chi connectivity index (χ1n) is 5.20. The Bertz CT molecular complexity index is 357. The molecule has 15 heavy (non-hydrogen) atoms. The van der Waals surface area contributed by atoms with Gasteiger partial charge in [0, 0.05) is 13.6 Å². The van der Waals surface area contributed by atoms with E-state index >= 15 is 0 Å². The average molecular weight is 204 g/mol. The average Bonchev–Trinajstić information content (AvgIpc) is 2.98. The number of likely N-dealkylation sites (N-methyl/N-ethyl adjacent to an activating group) is 1. The monoisotopic (exact) mass is 204 g/mol. The summed E-state index contributed by atoms with van der Waals surface area (Å²) in [5, 5.41) is 0. The van der Waals surface area contributed by atoms with Gasteiger partial charge in [0.15, 0.2) is 0 Å². The van der Waals surface area contributed by atoms with Gasteiger partial charge >= 0.3 is 0 Å². The van der Waals surface area contributed by atoms with Crippen molar-refractivity contribution in [2.75, 3.05) is 7.05 Å². The summed E-state index contributed by atoms with van der Waals surface area (Å²) < 4.78 is 0. The van der Waals surface area contributed by atoms with Gasteiger partial charge in [-0.3, -0.25) is 4.79 Å². The smallest absolute Gasteiger partial charge is 0.242 e. The molecule has 1 aliphatic rings. The number of nitrogens with two attached hydrogens (primary N) is 1. The Morgan fingerprint density at radius 3 is 2.53 bits per heavy atom. The molecule has 0 aromatic heterocycles. The van der Waals surface area contributed by atoms with Crippen LogP contribution in [0.1, 0.15) is 18.4 Å². The van der Waals surface area contributed by atoms with Crippen molar-refractivity contribution in [2.24, 2.45) is 5.73 Å². The summed E-state index contributed by atoms with van der Waals surface area (Å²) in [6.07, 6.45) is 1.65. The van der Waals surface area contributed by atoms with E-state index in [0.717, 1.165) is 18.4 Å². The van der Waals surface area contributed by atoms with Crippen molar-refractivity contribution in [3.8, 4) is 0 Å². The van der Waals surface area contributed by atoms with Crippen LogP contribution in [0.25, 0.3) is 0 Å². The fourth-order valence-corrected chi connectivity index (χ4v) is 1.66. The Morgan fingerprint density at radius 1 is 1.40 bits per heavy atom. The molecule has 80 valence electrons. The van der Waals surface area contributed by atoms with E-state index in [4.69, 9.17) is 5.73 Å². The maximum Gasteiger partial charge on any atom is 0.242 e. The van der Waals surface area contributed by atoms with Gasteiger partial charge in [-0.2, -0.15) is 0 Å².